The number of aryl methyl sites for hydroxylation is 1. The lowest BCUT2D eigenvalue weighted by molar-refractivity contribution is 0.174. The van der Waals surface area contributed by atoms with Crippen LogP contribution >= 0.6 is 0 Å². The van der Waals surface area contributed by atoms with Crippen LogP contribution in [-0.2, 0) is 6.42 Å². The van der Waals surface area contributed by atoms with Crippen molar-refractivity contribution in [3.63, 3.8) is 0 Å². The van der Waals surface area contributed by atoms with Crippen LogP contribution in [0.25, 0.3) is 0 Å². The molecule has 5 heteroatoms. The predicted molar refractivity (Wildman–Crippen MR) is 90.1 cm³/mol. The molecule has 5 nitrogen and oxygen atoms in total. The largest absolute Gasteiger partial charge is 0.454 e. The maximum Gasteiger partial charge on any atom is 0.231 e. The monoisotopic (exact) mass is 309 g/mol. The fourth-order valence-electron chi connectivity index (χ4n) is 3.03. The molecule has 0 fully saturated rings. The van der Waals surface area contributed by atoms with Crippen LogP contribution in [0.1, 0.15) is 29.2 Å². The Kier molecular flexibility index (Phi) is 3.15. The zero-order valence-electron chi connectivity index (χ0n) is 13.2. The van der Waals surface area contributed by atoms with Crippen molar-refractivity contribution < 1.29 is 9.47 Å². The molecule has 3 N–H and O–H groups in total. The van der Waals surface area contributed by atoms with Gasteiger partial charge in [-0.1, -0.05) is 6.07 Å². The maximum absolute atomic E-state index is 5.95. The van der Waals surface area contributed by atoms with Gasteiger partial charge in [-0.05, 0) is 55.7 Å². The van der Waals surface area contributed by atoms with Gasteiger partial charge in [-0.3, -0.25) is 0 Å². The Hall–Kier alpha value is -2.69. The van der Waals surface area contributed by atoms with Crippen molar-refractivity contribution in [2.45, 2.75) is 26.3 Å². The Bertz CT molecular complexity index is 814. The Morgan fingerprint density at radius 2 is 1.96 bits per heavy atom. The van der Waals surface area contributed by atoms with Gasteiger partial charge in [0.2, 0.25) is 6.79 Å². The average Bonchev–Trinajstić information content (AvgIpc) is 2.91. The Morgan fingerprint density at radius 1 is 1.17 bits per heavy atom. The molecule has 0 saturated heterocycles. The molecule has 2 aromatic carbocycles. The highest BCUT2D eigenvalue weighted by molar-refractivity contribution is 6.14. The van der Waals surface area contributed by atoms with Crippen molar-refractivity contribution >= 4 is 11.4 Å². The van der Waals surface area contributed by atoms with E-state index in [9.17, 15) is 0 Å². The number of nitrogens with two attached hydrogens (primary N) is 1. The number of hydrogen-bond donors (Lipinski definition) is 2. The van der Waals surface area contributed by atoms with E-state index in [-0.39, 0.29) is 12.8 Å². The fraction of sp³-hybridized carbons (Fsp3) is 0.278. The van der Waals surface area contributed by atoms with Gasteiger partial charge >= 0.3 is 0 Å². The minimum Gasteiger partial charge on any atom is -0.454 e. The van der Waals surface area contributed by atoms with Gasteiger partial charge in [-0.2, -0.15) is 5.10 Å². The summed E-state index contributed by atoms with van der Waals surface area (Å²) in [6, 6.07) is 10.4. The molecule has 1 atom stereocenters. The van der Waals surface area contributed by atoms with E-state index < -0.39 is 0 Å². The topological polar surface area (TPSA) is 68.9 Å². The molecule has 0 amide bonds. The third kappa shape index (κ3) is 2.38. The van der Waals surface area contributed by atoms with Crippen LogP contribution < -0.4 is 20.6 Å². The fourth-order valence-corrected chi connectivity index (χ4v) is 3.03. The molecular formula is C18H19N3O2. The van der Waals surface area contributed by atoms with Crippen molar-refractivity contribution in [3.8, 4) is 11.5 Å². The number of nitrogens with one attached hydrogen (secondary N) is 1. The second-order valence-corrected chi connectivity index (χ2v) is 6.13. The summed E-state index contributed by atoms with van der Waals surface area (Å²) in [4.78, 5) is 0. The highest BCUT2D eigenvalue weighted by Crippen LogP contribution is 2.37. The van der Waals surface area contributed by atoms with E-state index in [1.807, 2.05) is 25.1 Å². The molecule has 2 aromatic rings. The van der Waals surface area contributed by atoms with Crippen LogP contribution in [0.15, 0.2) is 35.4 Å². The number of nitrogens with zero attached hydrogens (tertiary/aromatic N) is 1. The summed E-state index contributed by atoms with van der Waals surface area (Å²) in [5, 5.41) is 4.64. The van der Waals surface area contributed by atoms with Crippen molar-refractivity contribution in [1.82, 2.24) is 5.43 Å². The van der Waals surface area contributed by atoms with Crippen molar-refractivity contribution in [2.75, 3.05) is 12.5 Å². The normalized spacial score (nSPS) is 18.7. The van der Waals surface area contributed by atoms with Crippen LogP contribution in [0.2, 0.25) is 0 Å². The molecule has 0 aliphatic carbocycles. The smallest absolute Gasteiger partial charge is 0.231 e. The van der Waals surface area contributed by atoms with E-state index in [1.165, 1.54) is 5.56 Å². The molecule has 0 radical (unpaired) electrons. The summed E-state index contributed by atoms with van der Waals surface area (Å²) in [5.41, 5.74) is 15.2. The third-order valence-electron chi connectivity index (χ3n) is 4.32. The Morgan fingerprint density at radius 3 is 2.74 bits per heavy atom. The van der Waals surface area contributed by atoms with Crippen LogP contribution in [0.3, 0.4) is 0 Å². The number of fused-ring (bicyclic) bond motifs is 2. The van der Waals surface area contributed by atoms with E-state index in [0.717, 1.165) is 46.0 Å². The number of rotatable bonds is 1. The first-order valence-electron chi connectivity index (χ1n) is 7.74. The molecule has 2 aliphatic heterocycles. The molecular weight excluding hydrogens is 290 g/mol. The molecule has 0 saturated carbocycles. The quantitative estimate of drug-likeness (QED) is 0.795. The lowest BCUT2D eigenvalue weighted by Crippen LogP contribution is -2.22. The first kappa shape index (κ1) is 13.9. The summed E-state index contributed by atoms with van der Waals surface area (Å²) in [6.07, 6.45) is 0.882. The van der Waals surface area contributed by atoms with Gasteiger partial charge in [0.05, 0.1) is 5.71 Å². The van der Waals surface area contributed by atoms with Crippen LogP contribution in [0.5, 0.6) is 11.5 Å². The minimum absolute atomic E-state index is 0.251. The molecule has 118 valence electrons. The minimum atomic E-state index is 0.251. The van der Waals surface area contributed by atoms with Gasteiger partial charge in [-0.25, -0.2) is 0 Å². The summed E-state index contributed by atoms with van der Waals surface area (Å²) in [5.74, 6) is 1.59. The second kappa shape index (κ2) is 5.19. The van der Waals surface area contributed by atoms with Gasteiger partial charge in [0.25, 0.3) is 0 Å². The molecule has 0 aromatic heterocycles. The van der Waals surface area contributed by atoms with E-state index in [2.05, 4.69) is 29.6 Å². The second-order valence-electron chi connectivity index (χ2n) is 6.13. The zero-order valence-corrected chi connectivity index (χ0v) is 13.2. The lowest BCUT2D eigenvalue weighted by atomic mass is 9.93. The van der Waals surface area contributed by atoms with Crippen LogP contribution in [0.4, 0.5) is 5.69 Å². The summed E-state index contributed by atoms with van der Waals surface area (Å²) in [7, 11) is 0. The van der Waals surface area contributed by atoms with Crippen LogP contribution in [0, 0.1) is 6.92 Å². The number of hydrogen-bond acceptors (Lipinski definition) is 5. The maximum atomic E-state index is 5.95. The lowest BCUT2D eigenvalue weighted by Gasteiger charge is -2.12. The SMILES string of the molecule is Cc1cc(C2=NN[C@H](C)Cc3cc4c(cc32)OCO4)ccc1N. The number of benzene rings is 2. The average molecular weight is 309 g/mol. The summed E-state index contributed by atoms with van der Waals surface area (Å²) >= 11 is 0. The van der Waals surface area contributed by atoms with Crippen molar-refractivity contribution in [2.24, 2.45) is 5.10 Å². The number of hydrazone groups is 1. The Labute approximate surface area is 135 Å². The van der Waals surface area contributed by atoms with Crippen LogP contribution in [-0.4, -0.2) is 18.5 Å². The first-order valence-corrected chi connectivity index (χ1v) is 7.74. The first-order chi connectivity index (χ1) is 11.1. The molecule has 0 spiro atoms. The van der Waals surface area contributed by atoms with Gasteiger partial charge in [0.1, 0.15) is 0 Å². The standard InChI is InChI=1S/C18H19N3O2/c1-10-5-12(3-4-15(10)19)18-14-8-17-16(22-9-23-17)7-13(14)6-11(2)20-21-18/h3-5,7-8,11,20H,6,9,19H2,1-2H3/t11-/m1/s1. The highest BCUT2D eigenvalue weighted by atomic mass is 16.7. The third-order valence-corrected chi connectivity index (χ3v) is 4.32. The zero-order chi connectivity index (χ0) is 16.0. The van der Waals surface area contributed by atoms with E-state index in [0.29, 0.717) is 0 Å². The van der Waals surface area contributed by atoms with E-state index in [4.69, 9.17) is 15.2 Å². The summed E-state index contributed by atoms with van der Waals surface area (Å²) < 4.78 is 11.1. The molecule has 0 unspecified atom stereocenters. The number of anilines is 1. The molecule has 2 heterocycles. The molecule has 4 rings (SSSR count). The number of ether oxygens (including phenoxy) is 2. The number of nitrogen functional groups attached to an aromatic ring is 1. The predicted octanol–water partition coefficient (Wildman–Crippen LogP) is 2.59. The van der Waals surface area contributed by atoms with Gasteiger partial charge in [0, 0.05) is 22.9 Å². The Balaban J connectivity index is 1.88. The van der Waals surface area contributed by atoms with Gasteiger partial charge in [-0.15, -0.1) is 0 Å². The van der Waals surface area contributed by atoms with E-state index in [1.54, 1.807) is 0 Å². The van der Waals surface area contributed by atoms with Gasteiger partial charge < -0.3 is 20.6 Å². The highest BCUT2D eigenvalue weighted by Gasteiger charge is 2.24. The van der Waals surface area contributed by atoms with Crippen molar-refractivity contribution in [1.29, 1.82) is 0 Å². The van der Waals surface area contributed by atoms with Crippen molar-refractivity contribution in [3.05, 3.63) is 52.6 Å². The molecule has 23 heavy (non-hydrogen) atoms. The van der Waals surface area contributed by atoms with Gasteiger partial charge in [0.15, 0.2) is 11.5 Å². The van der Waals surface area contributed by atoms with E-state index >= 15 is 0 Å². The molecule has 0 bridgehead atoms. The summed E-state index contributed by atoms with van der Waals surface area (Å²) in [6.45, 7) is 4.40. The molecule has 2 aliphatic rings.